The molecule has 11 heteroatoms. The number of amides is 4. The molecule has 2 N–H and O–H groups in total. The highest BCUT2D eigenvalue weighted by molar-refractivity contribution is 6.23. The van der Waals surface area contributed by atoms with Crippen molar-refractivity contribution < 1.29 is 19.2 Å². The molecule has 1 atom stereocenters. The summed E-state index contributed by atoms with van der Waals surface area (Å²) in [5.74, 6) is -1.01. The fourth-order valence-corrected chi connectivity index (χ4v) is 5.82. The third kappa shape index (κ3) is 4.18. The molecule has 11 nitrogen and oxygen atoms in total. The number of anilines is 1. The number of carbonyl (C=O) groups is 4. The van der Waals surface area contributed by atoms with Crippen molar-refractivity contribution in [2.75, 3.05) is 11.9 Å². The van der Waals surface area contributed by atoms with Crippen LogP contribution in [0.1, 0.15) is 76.9 Å². The third-order valence-electron chi connectivity index (χ3n) is 8.20. The predicted octanol–water partition coefficient (Wildman–Crippen LogP) is 2.68. The largest absolute Gasteiger partial charge is 0.385 e. The quantitative estimate of drug-likeness (QED) is 0.449. The number of aromatic nitrogens is 4. The molecule has 2 saturated carbocycles. The smallest absolute Gasteiger partial charge is 0.262 e. The first-order valence-electron chi connectivity index (χ1n) is 13.4. The van der Waals surface area contributed by atoms with Crippen LogP contribution in [0.25, 0.3) is 11.3 Å². The number of piperidine rings is 1. The molecule has 1 unspecified atom stereocenters. The van der Waals surface area contributed by atoms with Crippen molar-refractivity contribution in [1.82, 2.24) is 30.0 Å². The van der Waals surface area contributed by atoms with Crippen molar-refractivity contribution >= 4 is 29.3 Å². The molecule has 4 amide bonds. The van der Waals surface area contributed by atoms with Gasteiger partial charge in [0.25, 0.3) is 11.8 Å². The van der Waals surface area contributed by atoms with Crippen LogP contribution in [0.15, 0.2) is 43.0 Å². The van der Waals surface area contributed by atoms with E-state index in [0.717, 1.165) is 46.9 Å². The molecule has 39 heavy (non-hydrogen) atoms. The molecule has 198 valence electrons. The number of nitrogens with one attached hydrogen (secondary N) is 2. The Balaban J connectivity index is 0.987. The zero-order valence-electron chi connectivity index (χ0n) is 21.2. The lowest BCUT2D eigenvalue weighted by Crippen LogP contribution is -2.54. The number of carbonyl (C=O) groups excluding carboxylic acids is 4. The van der Waals surface area contributed by atoms with E-state index in [4.69, 9.17) is 5.10 Å². The molecule has 2 aromatic heterocycles. The first kappa shape index (κ1) is 23.7. The normalized spacial score (nSPS) is 24.4. The Bertz CT molecular complexity index is 1510. The SMILES string of the molecule is O=C1CCC(N2C(=O)c3ccc(NCC4CC(n5cc(-c6ccncn6)c(C6CC6)n5)C4)cc3C2=O)C(=O)N1. The van der Waals surface area contributed by atoms with E-state index in [0.29, 0.717) is 17.9 Å². The fraction of sp³-hybridized carbons (Fsp3) is 0.393. The predicted molar refractivity (Wildman–Crippen MR) is 139 cm³/mol. The highest BCUT2D eigenvalue weighted by Gasteiger charge is 2.44. The van der Waals surface area contributed by atoms with Crippen molar-refractivity contribution in [1.29, 1.82) is 0 Å². The Hall–Kier alpha value is -4.41. The summed E-state index contributed by atoms with van der Waals surface area (Å²) < 4.78 is 2.10. The first-order chi connectivity index (χ1) is 19.0. The zero-order valence-corrected chi connectivity index (χ0v) is 21.2. The van der Waals surface area contributed by atoms with E-state index in [1.54, 1.807) is 30.7 Å². The molecule has 2 aliphatic carbocycles. The topological polar surface area (TPSA) is 139 Å². The fourth-order valence-electron chi connectivity index (χ4n) is 5.82. The summed E-state index contributed by atoms with van der Waals surface area (Å²) in [4.78, 5) is 59.2. The highest BCUT2D eigenvalue weighted by Crippen LogP contribution is 2.45. The lowest BCUT2D eigenvalue weighted by molar-refractivity contribution is -0.136. The Labute approximate surface area is 224 Å². The third-order valence-corrected chi connectivity index (χ3v) is 8.20. The second-order valence-corrected chi connectivity index (χ2v) is 10.9. The monoisotopic (exact) mass is 525 g/mol. The van der Waals surface area contributed by atoms with Crippen LogP contribution in [0.4, 0.5) is 5.69 Å². The van der Waals surface area contributed by atoms with Gasteiger partial charge < -0.3 is 5.32 Å². The number of hydrogen-bond acceptors (Lipinski definition) is 8. The summed E-state index contributed by atoms with van der Waals surface area (Å²) in [6.45, 7) is 0.740. The summed E-state index contributed by atoms with van der Waals surface area (Å²) in [5, 5.41) is 10.6. The average Bonchev–Trinajstić information content (AvgIpc) is 3.62. The van der Waals surface area contributed by atoms with Crippen molar-refractivity contribution in [3.63, 3.8) is 0 Å². The Morgan fingerprint density at radius 2 is 1.79 bits per heavy atom. The maximum Gasteiger partial charge on any atom is 0.262 e. The van der Waals surface area contributed by atoms with Gasteiger partial charge in [-0.3, -0.25) is 34.1 Å². The Kier molecular flexibility index (Phi) is 5.53. The molecule has 7 rings (SSSR count). The van der Waals surface area contributed by atoms with Gasteiger partial charge in [0.2, 0.25) is 11.8 Å². The van der Waals surface area contributed by atoms with Crippen molar-refractivity contribution in [3.05, 3.63) is 59.8 Å². The molecule has 0 bridgehead atoms. The standard InChI is InChI=1S/C28H27N7O4/c36-24-6-5-23(26(37)32-24)35-27(38)19-4-3-17(11-20(19)28(35)39)30-12-15-9-18(10-15)34-13-21(22-7-8-29-14-31-22)25(33-34)16-1-2-16/h3-4,7-8,11,13-16,18,23,30H,1-2,5-6,9-10,12H2,(H,32,36,37). The van der Waals surface area contributed by atoms with Crippen LogP contribution in [0, 0.1) is 5.92 Å². The molecule has 4 heterocycles. The number of imide groups is 2. The molecular weight excluding hydrogens is 498 g/mol. The molecule has 2 aliphatic heterocycles. The van der Waals surface area contributed by atoms with E-state index in [-0.39, 0.29) is 29.9 Å². The maximum atomic E-state index is 13.1. The highest BCUT2D eigenvalue weighted by atomic mass is 16.2. The minimum absolute atomic E-state index is 0.0986. The van der Waals surface area contributed by atoms with Gasteiger partial charge in [0.05, 0.1) is 28.6 Å². The summed E-state index contributed by atoms with van der Waals surface area (Å²) in [6.07, 6.45) is 10.0. The molecule has 3 aromatic rings. The van der Waals surface area contributed by atoms with Crippen LogP contribution in [0.3, 0.4) is 0 Å². The Morgan fingerprint density at radius 3 is 2.54 bits per heavy atom. The number of fused-ring (bicyclic) bond motifs is 1. The number of benzene rings is 1. The van der Waals surface area contributed by atoms with Crippen molar-refractivity contribution in [2.24, 2.45) is 5.92 Å². The van der Waals surface area contributed by atoms with Gasteiger partial charge in [-0.25, -0.2) is 9.97 Å². The van der Waals surface area contributed by atoms with Gasteiger partial charge in [-0.2, -0.15) is 5.10 Å². The van der Waals surface area contributed by atoms with Crippen LogP contribution in [0.5, 0.6) is 0 Å². The van der Waals surface area contributed by atoms with Crippen LogP contribution in [-0.2, 0) is 9.59 Å². The van der Waals surface area contributed by atoms with E-state index in [9.17, 15) is 19.2 Å². The van der Waals surface area contributed by atoms with Crippen molar-refractivity contribution in [2.45, 2.75) is 56.5 Å². The number of rotatable bonds is 7. The zero-order chi connectivity index (χ0) is 26.7. The Morgan fingerprint density at radius 1 is 0.974 bits per heavy atom. The van der Waals surface area contributed by atoms with Gasteiger partial charge in [-0.15, -0.1) is 0 Å². The molecule has 0 radical (unpaired) electrons. The lowest BCUT2D eigenvalue weighted by atomic mass is 9.80. The van der Waals surface area contributed by atoms with Gasteiger partial charge in [-0.05, 0) is 62.3 Å². The maximum absolute atomic E-state index is 13.1. The van der Waals surface area contributed by atoms with Gasteiger partial charge in [0.1, 0.15) is 12.4 Å². The van der Waals surface area contributed by atoms with Crippen LogP contribution < -0.4 is 10.6 Å². The van der Waals surface area contributed by atoms with E-state index in [1.807, 2.05) is 6.07 Å². The average molecular weight is 526 g/mol. The minimum Gasteiger partial charge on any atom is -0.385 e. The molecule has 1 saturated heterocycles. The molecule has 4 aliphatic rings. The molecule has 0 spiro atoms. The van der Waals surface area contributed by atoms with Crippen LogP contribution in [-0.4, -0.2) is 60.9 Å². The molecular formula is C28H27N7O4. The molecule has 1 aromatic carbocycles. The van der Waals surface area contributed by atoms with E-state index in [2.05, 4.69) is 31.5 Å². The van der Waals surface area contributed by atoms with Crippen LogP contribution >= 0.6 is 0 Å². The second-order valence-electron chi connectivity index (χ2n) is 10.9. The number of nitrogens with zero attached hydrogens (tertiary/aromatic N) is 5. The summed E-state index contributed by atoms with van der Waals surface area (Å²) in [7, 11) is 0. The summed E-state index contributed by atoms with van der Waals surface area (Å²) >= 11 is 0. The van der Waals surface area contributed by atoms with E-state index < -0.39 is 23.8 Å². The van der Waals surface area contributed by atoms with Gasteiger partial charge in [0, 0.05) is 42.5 Å². The summed E-state index contributed by atoms with van der Waals surface area (Å²) in [5.41, 5.74) is 4.47. The second kappa shape index (κ2) is 9.11. The minimum atomic E-state index is -0.962. The van der Waals surface area contributed by atoms with Gasteiger partial charge in [-0.1, -0.05) is 0 Å². The molecule has 3 fully saturated rings. The van der Waals surface area contributed by atoms with E-state index >= 15 is 0 Å². The van der Waals surface area contributed by atoms with Crippen molar-refractivity contribution in [3.8, 4) is 11.3 Å². The lowest BCUT2D eigenvalue weighted by Gasteiger charge is -2.35. The first-order valence-corrected chi connectivity index (χ1v) is 13.4. The van der Waals surface area contributed by atoms with Crippen LogP contribution in [0.2, 0.25) is 0 Å². The van der Waals surface area contributed by atoms with Gasteiger partial charge >= 0.3 is 0 Å². The van der Waals surface area contributed by atoms with E-state index in [1.165, 1.54) is 12.8 Å². The summed E-state index contributed by atoms with van der Waals surface area (Å²) in [6, 6.07) is 6.41. The number of hydrogen-bond donors (Lipinski definition) is 2. The van der Waals surface area contributed by atoms with Gasteiger partial charge in [0.15, 0.2) is 0 Å².